The minimum absolute atomic E-state index is 0.0219. The molecule has 1 amide bonds. The maximum Gasteiger partial charge on any atom is 0.359 e. The zero-order valence-corrected chi connectivity index (χ0v) is 21.0. The number of fused-ring (bicyclic) bond motifs is 1. The lowest BCUT2D eigenvalue weighted by molar-refractivity contribution is -0.144. The molecule has 2 aromatic carbocycles. The number of allylic oxidation sites excluding steroid dienone is 2. The van der Waals surface area contributed by atoms with Crippen LogP contribution in [-0.2, 0) is 23.9 Å². The van der Waals surface area contributed by atoms with Crippen LogP contribution in [-0.4, -0.2) is 52.9 Å². The summed E-state index contributed by atoms with van der Waals surface area (Å²) < 4.78 is 11.8. The van der Waals surface area contributed by atoms with E-state index in [0.29, 0.717) is 5.69 Å². The van der Waals surface area contributed by atoms with Gasteiger partial charge in [0.15, 0.2) is 5.71 Å². The fourth-order valence-corrected chi connectivity index (χ4v) is 4.05. The van der Waals surface area contributed by atoms with E-state index in [1.165, 1.54) is 37.5 Å². The Bertz CT molecular complexity index is 1510. The molecule has 2 heterocycles. The van der Waals surface area contributed by atoms with Crippen molar-refractivity contribution in [3.05, 3.63) is 83.6 Å². The van der Waals surface area contributed by atoms with E-state index < -0.39 is 23.9 Å². The number of esters is 2. The van der Waals surface area contributed by atoms with Gasteiger partial charge in [-0.05, 0) is 50.3 Å². The third-order valence-corrected chi connectivity index (χ3v) is 5.98. The monoisotopic (exact) mass is 515 g/mol. The largest absolute Gasteiger partial charge is 0.478 e. The number of carboxylic acid groups (broad SMARTS) is 1. The van der Waals surface area contributed by atoms with E-state index >= 15 is 0 Å². The first-order chi connectivity index (χ1) is 18.3. The number of ether oxygens (including phenoxy) is 2. The zero-order valence-electron chi connectivity index (χ0n) is 21.0. The molecule has 0 spiro atoms. The number of benzene rings is 2. The smallest absolute Gasteiger partial charge is 0.359 e. The molecule has 1 unspecified atom stereocenters. The average molecular weight is 516 g/mol. The van der Waals surface area contributed by atoms with Crippen molar-refractivity contribution < 1.29 is 33.8 Å². The standard InChI is InChI=1S/C28H25N3O7/c1-4-38-28(36)24-22(25(32)31(29-24)20-14-12-18(13-15-20)26(33)34)10-7-8-19-16-30(17(2)27(35)37-3)23-11-6-5-9-21(19)23/h5-17H,4H2,1-3H3,(H,33,34)/b8-7?,22-10-. The first kappa shape index (κ1) is 26.1. The van der Waals surface area contributed by atoms with Gasteiger partial charge in [-0.2, -0.15) is 10.1 Å². The molecule has 3 aromatic rings. The molecule has 1 atom stereocenters. The van der Waals surface area contributed by atoms with Gasteiger partial charge in [-0.15, -0.1) is 0 Å². The van der Waals surface area contributed by atoms with Crippen LogP contribution in [0.3, 0.4) is 0 Å². The van der Waals surface area contributed by atoms with Crippen LogP contribution in [0.1, 0.15) is 35.8 Å². The number of rotatable bonds is 8. The number of aromatic carboxylic acids is 1. The van der Waals surface area contributed by atoms with Gasteiger partial charge in [0.2, 0.25) is 0 Å². The van der Waals surface area contributed by atoms with Crippen LogP contribution in [0.5, 0.6) is 0 Å². The number of anilines is 1. The maximum absolute atomic E-state index is 13.2. The first-order valence-electron chi connectivity index (χ1n) is 11.8. The number of para-hydroxylation sites is 1. The molecule has 1 aliphatic rings. The van der Waals surface area contributed by atoms with Gasteiger partial charge >= 0.3 is 17.9 Å². The Morgan fingerprint density at radius 3 is 2.47 bits per heavy atom. The Hall–Kier alpha value is -4.99. The van der Waals surface area contributed by atoms with E-state index in [9.17, 15) is 19.2 Å². The molecule has 10 heteroatoms. The van der Waals surface area contributed by atoms with Crippen LogP contribution in [0, 0.1) is 0 Å². The summed E-state index contributed by atoms with van der Waals surface area (Å²) in [5.41, 5.74) is 1.83. The van der Waals surface area contributed by atoms with Crippen molar-refractivity contribution in [1.82, 2.24) is 4.57 Å². The molecule has 38 heavy (non-hydrogen) atoms. The van der Waals surface area contributed by atoms with Crippen molar-refractivity contribution in [2.75, 3.05) is 18.7 Å². The lowest BCUT2D eigenvalue weighted by Gasteiger charge is -2.12. The Balaban J connectivity index is 1.69. The van der Waals surface area contributed by atoms with Gasteiger partial charge in [0.25, 0.3) is 5.91 Å². The molecule has 1 aliphatic heterocycles. The minimum atomic E-state index is -1.10. The van der Waals surface area contributed by atoms with Gasteiger partial charge in [0, 0.05) is 22.7 Å². The quantitative estimate of drug-likeness (QED) is 0.355. The van der Waals surface area contributed by atoms with Crippen molar-refractivity contribution in [1.29, 1.82) is 0 Å². The van der Waals surface area contributed by atoms with Crippen molar-refractivity contribution in [3.8, 4) is 0 Å². The highest BCUT2D eigenvalue weighted by atomic mass is 16.5. The summed E-state index contributed by atoms with van der Waals surface area (Å²) in [5.74, 6) is -2.81. The molecule has 194 valence electrons. The number of carbonyl (C=O) groups is 4. The van der Waals surface area contributed by atoms with Crippen molar-refractivity contribution in [2.24, 2.45) is 5.10 Å². The van der Waals surface area contributed by atoms with Gasteiger partial charge in [0.1, 0.15) is 6.04 Å². The number of hydrazone groups is 1. The van der Waals surface area contributed by atoms with E-state index in [0.717, 1.165) is 21.5 Å². The van der Waals surface area contributed by atoms with Gasteiger partial charge in [-0.3, -0.25) is 4.79 Å². The fourth-order valence-electron chi connectivity index (χ4n) is 4.05. The SMILES string of the molecule is CCOC(=O)C1=NN(c2ccc(C(=O)O)cc2)C(=O)/C1=C\C=Cc1cn(C(C)C(=O)OC)c2ccccc12. The van der Waals surface area contributed by atoms with Crippen molar-refractivity contribution in [3.63, 3.8) is 0 Å². The molecule has 0 bridgehead atoms. The third kappa shape index (κ3) is 4.96. The predicted molar refractivity (Wildman–Crippen MR) is 141 cm³/mol. The highest BCUT2D eigenvalue weighted by Crippen LogP contribution is 2.28. The summed E-state index contributed by atoms with van der Waals surface area (Å²) in [6, 6.07) is 12.6. The number of amides is 1. The minimum Gasteiger partial charge on any atom is -0.478 e. The first-order valence-corrected chi connectivity index (χ1v) is 11.8. The molecule has 10 nitrogen and oxygen atoms in total. The van der Waals surface area contributed by atoms with Crippen LogP contribution in [0.15, 0.2) is 77.6 Å². The summed E-state index contributed by atoms with van der Waals surface area (Å²) >= 11 is 0. The number of methoxy groups -OCH3 is 1. The molecular formula is C28H25N3O7. The Morgan fingerprint density at radius 1 is 1.11 bits per heavy atom. The summed E-state index contributed by atoms with van der Waals surface area (Å²) in [5, 5.41) is 15.2. The summed E-state index contributed by atoms with van der Waals surface area (Å²) in [7, 11) is 1.34. The lowest BCUT2D eigenvalue weighted by Crippen LogP contribution is -2.22. The number of carboxylic acids is 1. The third-order valence-electron chi connectivity index (χ3n) is 5.98. The van der Waals surface area contributed by atoms with E-state index in [4.69, 9.17) is 14.6 Å². The molecule has 0 saturated heterocycles. The number of nitrogens with zero attached hydrogens (tertiary/aromatic N) is 3. The Labute approximate surface area is 218 Å². The second-order valence-corrected chi connectivity index (χ2v) is 8.29. The highest BCUT2D eigenvalue weighted by molar-refractivity contribution is 6.53. The second-order valence-electron chi connectivity index (χ2n) is 8.29. The normalized spacial score (nSPS) is 15.2. The Kier molecular flexibility index (Phi) is 7.52. The van der Waals surface area contributed by atoms with Crippen molar-refractivity contribution in [2.45, 2.75) is 19.9 Å². The molecule has 0 fully saturated rings. The van der Waals surface area contributed by atoms with Crippen LogP contribution >= 0.6 is 0 Å². The lowest BCUT2D eigenvalue weighted by atomic mass is 10.1. The molecule has 0 radical (unpaired) electrons. The van der Waals surface area contributed by atoms with Gasteiger partial charge in [0.05, 0.1) is 30.5 Å². The van der Waals surface area contributed by atoms with E-state index in [1.54, 1.807) is 26.0 Å². The topological polar surface area (TPSA) is 128 Å². The van der Waals surface area contributed by atoms with Crippen molar-refractivity contribution >= 4 is 52.2 Å². The summed E-state index contributed by atoms with van der Waals surface area (Å²) in [6.07, 6.45) is 6.66. The maximum atomic E-state index is 13.2. The van der Waals surface area contributed by atoms with E-state index in [1.807, 2.05) is 35.0 Å². The van der Waals surface area contributed by atoms with Gasteiger partial charge < -0.3 is 19.1 Å². The average Bonchev–Trinajstić information content (AvgIpc) is 3.46. The molecule has 0 aliphatic carbocycles. The van der Waals surface area contributed by atoms with Gasteiger partial charge in [-0.1, -0.05) is 30.4 Å². The van der Waals surface area contributed by atoms with Crippen LogP contribution in [0.25, 0.3) is 17.0 Å². The second kappa shape index (κ2) is 11.0. The van der Waals surface area contributed by atoms with Gasteiger partial charge in [-0.25, -0.2) is 14.4 Å². The summed E-state index contributed by atoms with van der Waals surface area (Å²) in [4.78, 5) is 49.1. The summed E-state index contributed by atoms with van der Waals surface area (Å²) in [6.45, 7) is 3.48. The van der Waals surface area contributed by atoms with Crippen LogP contribution in [0.4, 0.5) is 5.69 Å². The van der Waals surface area contributed by atoms with E-state index in [-0.39, 0.29) is 29.4 Å². The number of carbonyl (C=O) groups excluding carboxylic acids is 3. The number of hydrogen-bond donors (Lipinski definition) is 1. The number of hydrogen-bond acceptors (Lipinski definition) is 7. The molecule has 0 saturated carbocycles. The molecule has 1 N–H and O–H groups in total. The van der Waals surface area contributed by atoms with Crippen LogP contribution in [0.2, 0.25) is 0 Å². The Morgan fingerprint density at radius 2 is 1.82 bits per heavy atom. The molecule has 1 aromatic heterocycles. The fraction of sp³-hybridized carbons (Fsp3) is 0.179. The highest BCUT2D eigenvalue weighted by Gasteiger charge is 2.35. The van der Waals surface area contributed by atoms with Crippen LogP contribution < -0.4 is 5.01 Å². The zero-order chi connectivity index (χ0) is 27.4. The predicted octanol–water partition coefficient (Wildman–Crippen LogP) is 3.98. The molecule has 4 rings (SSSR count). The molecular weight excluding hydrogens is 490 g/mol. The van der Waals surface area contributed by atoms with E-state index in [2.05, 4.69) is 5.10 Å². The number of aromatic nitrogens is 1.